The zero-order valence-electron chi connectivity index (χ0n) is 17.5. The topological polar surface area (TPSA) is 66.2 Å². The smallest absolute Gasteiger partial charge is 0.192 e. The summed E-state index contributed by atoms with van der Waals surface area (Å²) in [7, 11) is -1.69. The van der Waals surface area contributed by atoms with Gasteiger partial charge in [0.1, 0.15) is 12.4 Å². The third-order valence-corrected chi connectivity index (χ3v) is 9.88. The summed E-state index contributed by atoms with van der Waals surface area (Å²) in [4.78, 5) is 2.24. The van der Waals surface area contributed by atoms with Crippen LogP contribution in [-0.2, 0) is 13.9 Å². The molecule has 1 heterocycles. The summed E-state index contributed by atoms with van der Waals surface area (Å²) < 4.78 is 22.9. The van der Waals surface area contributed by atoms with Gasteiger partial charge < -0.3 is 29.3 Å². The molecule has 1 fully saturated rings. The number of nitrogens with two attached hydrogens (primary N) is 1. The standard InChI is InChI=1S/C20H36N2O4Si/c1-20(2,3)27(4,5)26-15-13-24-12-14-25-17-6-7-19(18(21)16-17)22-8-10-23-11-9-22/h6-7,16H,8-15,21H2,1-5H3. The molecule has 0 aromatic heterocycles. The maximum atomic E-state index is 6.19. The number of nitrogen functional groups attached to an aromatic ring is 1. The van der Waals surface area contributed by atoms with E-state index in [-0.39, 0.29) is 5.04 Å². The fraction of sp³-hybridized carbons (Fsp3) is 0.700. The number of morpholine rings is 1. The monoisotopic (exact) mass is 396 g/mol. The van der Waals surface area contributed by atoms with Crippen LogP contribution < -0.4 is 15.4 Å². The van der Waals surface area contributed by atoms with Crippen LogP contribution in [0.4, 0.5) is 11.4 Å². The van der Waals surface area contributed by atoms with Crippen LogP contribution >= 0.6 is 0 Å². The highest BCUT2D eigenvalue weighted by molar-refractivity contribution is 6.74. The van der Waals surface area contributed by atoms with E-state index in [0.717, 1.165) is 43.4 Å². The Bertz CT molecular complexity index is 584. The zero-order chi connectivity index (χ0) is 19.9. The Morgan fingerprint density at radius 1 is 1.07 bits per heavy atom. The fourth-order valence-electron chi connectivity index (χ4n) is 2.61. The van der Waals surface area contributed by atoms with Gasteiger partial charge in [-0.25, -0.2) is 0 Å². The molecule has 0 saturated carbocycles. The largest absolute Gasteiger partial charge is 0.491 e. The SMILES string of the molecule is CC(C)(C)[Si](C)(C)OCCOCCOc1ccc(N2CCOCC2)c(N)c1. The summed E-state index contributed by atoms with van der Waals surface area (Å²) in [6.07, 6.45) is 0. The van der Waals surface area contributed by atoms with Gasteiger partial charge in [0.2, 0.25) is 0 Å². The summed E-state index contributed by atoms with van der Waals surface area (Å²) >= 11 is 0. The average molecular weight is 397 g/mol. The molecule has 0 bridgehead atoms. The Balaban J connectivity index is 1.65. The summed E-state index contributed by atoms with van der Waals surface area (Å²) in [5.41, 5.74) is 7.97. The lowest BCUT2D eigenvalue weighted by atomic mass is 10.2. The Morgan fingerprint density at radius 3 is 2.37 bits per heavy atom. The van der Waals surface area contributed by atoms with Crippen molar-refractivity contribution in [1.29, 1.82) is 0 Å². The number of hydrogen-bond donors (Lipinski definition) is 1. The molecule has 1 aliphatic rings. The van der Waals surface area contributed by atoms with Gasteiger partial charge in [0, 0.05) is 19.2 Å². The first-order chi connectivity index (χ1) is 12.7. The highest BCUT2D eigenvalue weighted by Gasteiger charge is 2.36. The Labute approximate surface area is 165 Å². The van der Waals surface area contributed by atoms with Crippen LogP contribution in [0.1, 0.15) is 20.8 Å². The first kappa shape index (κ1) is 22.0. The van der Waals surface area contributed by atoms with E-state index in [1.807, 2.05) is 18.2 Å². The van der Waals surface area contributed by atoms with Gasteiger partial charge in [0.15, 0.2) is 8.32 Å². The van der Waals surface area contributed by atoms with Gasteiger partial charge in [-0.15, -0.1) is 0 Å². The van der Waals surface area contributed by atoms with Crippen molar-refractivity contribution in [2.45, 2.75) is 38.9 Å². The van der Waals surface area contributed by atoms with Crippen molar-refractivity contribution < 1.29 is 18.6 Å². The molecular weight excluding hydrogens is 360 g/mol. The van der Waals surface area contributed by atoms with E-state index in [0.29, 0.717) is 26.4 Å². The summed E-state index contributed by atoms with van der Waals surface area (Å²) in [6.45, 7) is 16.7. The molecule has 0 spiro atoms. The highest BCUT2D eigenvalue weighted by atomic mass is 28.4. The molecule has 0 unspecified atom stereocenters. The van der Waals surface area contributed by atoms with Gasteiger partial charge in [-0.05, 0) is 30.3 Å². The zero-order valence-corrected chi connectivity index (χ0v) is 18.5. The fourth-order valence-corrected chi connectivity index (χ4v) is 3.63. The summed E-state index contributed by atoms with van der Waals surface area (Å²) in [5.74, 6) is 0.769. The van der Waals surface area contributed by atoms with Crippen LogP contribution in [0.25, 0.3) is 0 Å². The predicted molar refractivity (Wildman–Crippen MR) is 113 cm³/mol. The average Bonchev–Trinajstić information content (AvgIpc) is 2.60. The molecule has 2 N–H and O–H groups in total. The minimum Gasteiger partial charge on any atom is -0.491 e. The molecule has 1 aromatic rings. The number of anilines is 2. The van der Waals surface area contributed by atoms with Crippen LogP contribution in [0.15, 0.2) is 18.2 Å². The molecule has 7 heteroatoms. The molecule has 2 rings (SSSR count). The van der Waals surface area contributed by atoms with E-state index in [1.54, 1.807) is 0 Å². The van der Waals surface area contributed by atoms with E-state index < -0.39 is 8.32 Å². The lowest BCUT2D eigenvalue weighted by Gasteiger charge is -2.36. The van der Waals surface area contributed by atoms with Gasteiger partial charge in [-0.1, -0.05) is 20.8 Å². The minimum atomic E-state index is -1.69. The number of hydrogen-bond acceptors (Lipinski definition) is 6. The maximum Gasteiger partial charge on any atom is 0.192 e. The van der Waals surface area contributed by atoms with E-state index in [9.17, 15) is 0 Å². The predicted octanol–water partition coefficient (Wildman–Crippen LogP) is 3.52. The van der Waals surface area contributed by atoms with Crippen molar-refractivity contribution in [3.05, 3.63) is 18.2 Å². The Morgan fingerprint density at radius 2 is 1.74 bits per heavy atom. The number of benzene rings is 1. The van der Waals surface area contributed by atoms with Crippen molar-refractivity contribution in [3.8, 4) is 5.75 Å². The second kappa shape index (κ2) is 9.77. The lowest BCUT2D eigenvalue weighted by Crippen LogP contribution is -2.41. The normalized spacial score (nSPS) is 15.8. The molecule has 0 radical (unpaired) electrons. The van der Waals surface area contributed by atoms with Crippen LogP contribution in [0.5, 0.6) is 5.75 Å². The van der Waals surface area contributed by atoms with Gasteiger partial charge >= 0.3 is 0 Å². The molecule has 0 aliphatic carbocycles. The van der Waals surface area contributed by atoms with Crippen molar-refractivity contribution in [2.75, 3.05) is 63.4 Å². The van der Waals surface area contributed by atoms with Crippen LogP contribution in [0, 0.1) is 0 Å². The molecule has 0 atom stereocenters. The Hall–Kier alpha value is -1.28. The van der Waals surface area contributed by atoms with E-state index in [1.165, 1.54) is 0 Å². The van der Waals surface area contributed by atoms with Crippen LogP contribution in [-0.4, -0.2) is 61.0 Å². The van der Waals surface area contributed by atoms with Crippen molar-refractivity contribution in [3.63, 3.8) is 0 Å². The Kier molecular flexibility index (Phi) is 7.97. The van der Waals surface area contributed by atoms with Gasteiger partial charge in [0.05, 0.1) is 44.4 Å². The minimum absolute atomic E-state index is 0.226. The first-order valence-electron chi connectivity index (χ1n) is 9.77. The summed E-state index contributed by atoms with van der Waals surface area (Å²) in [6, 6.07) is 5.86. The van der Waals surface area contributed by atoms with Crippen molar-refractivity contribution in [1.82, 2.24) is 0 Å². The number of nitrogens with zero attached hydrogens (tertiary/aromatic N) is 1. The third kappa shape index (κ3) is 6.67. The van der Waals surface area contributed by atoms with Crippen LogP contribution in [0.3, 0.4) is 0 Å². The number of ether oxygens (including phenoxy) is 3. The molecule has 1 aliphatic heterocycles. The molecule has 154 valence electrons. The number of rotatable bonds is 9. The van der Waals surface area contributed by atoms with E-state index >= 15 is 0 Å². The highest BCUT2D eigenvalue weighted by Crippen LogP contribution is 2.36. The molecule has 27 heavy (non-hydrogen) atoms. The molecule has 6 nitrogen and oxygen atoms in total. The second-order valence-electron chi connectivity index (χ2n) is 8.39. The first-order valence-corrected chi connectivity index (χ1v) is 12.7. The molecule has 1 aromatic carbocycles. The van der Waals surface area contributed by atoms with E-state index in [2.05, 4.69) is 38.8 Å². The van der Waals surface area contributed by atoms with Crippen molar-refractivity contribution in [2.24, 2.45) is 0 Å². The maximum absolute atomic E-state index is 6.19. The molecule has 1 saturated heterocycles. The second-order valence-corrected chi connectivity index (χ2v) is 13.2. The molecular formula is C20H36N2O4Si. The van der Waals surface area contributed by atoms with Crippen LogP contribution in [0.2, 0.25) is 18.1 Å². The van der Waals surface area contributed by atoms with Gasteiger partial charge in [-0.2, -0.15) is 0 Å². The quantitative estimate of drug-likeness (QED) is 0.391. The molecule has 0 amide bonds. The van der Waals surface area contributed by atoms with Gasteiger partial charge in [0.25, 0.3) is 0 Å². The van der Waals surface area contributed by atoms with Crippen molar-refractivity contribution >= 4 is 19.7 Å². The summed E-state index contributed by atoms with van der Waals surface area (Å²) in [5, 5.41) is 0.226. The third-order valence-electron chi connectivity index (χ3n) is 5.34. The van der Waals surface area contributed by atoms with Gasteiger partial charge in [-0.3, -0.25) is 0 Å². The van der Waals surface area contributed by atoms with E-state index in [4.69, 9.17) is 24.4 Å². The lowest BCUT2D eigenvalue weighted by molar-refractivity contribution is 0.0730.